The van der Waals surface area contributed by atoms with Gasteiger partial charge in [-0.15, -0.1) is 0 Å². The Morgan fingerprint density at radius 3 is 1.27 bits per heavy atom. The predicted octanol–water partition coefficient (Wildman–Crippen LogP) is 7.06. The Bertz CT molecular complexity index is 831. The molecule has 0 amide bonds. The second-order valence-electron chi connectivity index (χ2n) is 8.53. The summed E-state index contributed by atoms with van der Waals surface area (Å²) >= 11 is 0. The SMILES string of the molecule is CC(C)N(C(C)(CCC(F)(F)C(F)(F)C(F)(F)C(F)F)CC(F)(F)C(F)(F)C(F)(F)C(F)F)P(=O)(O)O. The first-order chi connectivity index (χ1) is 15.9. The summed E-state index contributed by atoms with van der Waals surface area (Å²) in [5, 5.41) is 0. The highest BCUT2D eigenvalue weighted by atomic mass is 31.2. The molecule has 0 bridgehead atoms. The molecule has 0 radical (unpaired) electrons. The van der Waals surface area contributed by atoms with Gasteiger partial charge in [0.05, 0.1) is 0 Å². The van der Waals surface area contributed by atoms with E-state index in [1.54, 1.807) is 0 Å². The molecular weight excluding hydrogens is 589 g/mol. The van der Waals surface area contributed by atoms with Gasteiger partial charge in [-0.1, -0.05) is 0 Å². The van der Waals surface area contributed by atoms with Crippen LogP contribution in [0.5, 0.6) is 0 Å². The highest BCUT2D eigenvalue weighted by Gasteiger charge is 2.77. The Labute approximate surface area is 198 Å². The van der Waals surface area contributed by atoms with E-state index in [1.165, 1.54) is 0 Å². The Morgan fingerprint density at radius 1 is 0.676 bits per heavy atom. The third kappa shape index (κ3) is 6.59. The number of hydrogen-bond donors (Lipinski definition) is 2. The molecule has 21 heteroatoms. The lowest BCUT2D eigenvalue weighted by Gasteiger charge is -2.47. The Kier molecular flexibility index (Phi) is 10.2. The van der Waals surface area contributed by atoms with Gasteiger partial charge in [-0.3, -0.25) is 0 Å². The molecule has 0 saturated carbocycles. The average molecular weight is 609 g/mol. The number of hydrogen-bond acceptors (Lipinski definition) is 1. The first kappa shape index (κ1) is 36.0. The second-order valence-corrected chi connectivity index (χ2v) is 9.99. The van der Waals surface area contributed by atoms with Crippen molar-refractivity contribution in [2.75, 3.05) is 0 Å². The molecule has 4 nitrogen and oxygen atoms in total. The molecule has 0 rings (SSSR count). The molecule has 0 spiro atoms. The highest BCUT2D eigenvalue weighted by Crippen LogP contribution is 2.58. The van der Waals surface area contributed by atoms with E-state index in [0.717, 1.165) is 0 Å². The minimum Gasteiger partial charge on any atom is -0.312 e. The van der Waals surface area contributed by atoms with Crippen molar-refractivity contribution in [2.45, 2.75) is 100 Å². The van der Waals surface area contributed by atoms with Gasteiger partial charge in [-0.05, 0) is 27.2 Å². The van der Waals surface area contributed by atoms with Crippen molar-refractivity contribution in [3.63, 3.8) is 0 Å². The van der Waals surface area contributed by atoms with Crippen LogP contribution in [0.15, 0.2) is 0 Å². The van der Waals surface area contributed by atoms with Crippen LogP contribution in [-0.2, 0) is 4.57 Å². The molecule has 0 aliphatic heterocycles. The third-order valence-corrected chi connectivity index (χ3v) is 6.71. The van der Waals surface area contributed by atoms with Crippen molar-refractivity contribution in [3.05, 3.63) is 0 Å². The Hall–Kier alpha value is -1.01. The third-order valence-electron chi connectivity index (χ3n) is 5.21. The van der Waals surface area contributed by atoms with Crippen LogP contribution in [0.1, 0.15) is 40.0 Å². The van der Waals surface area contributed by atoms with Gasteiger partial charge in [0, 0.05) is 24.4 Å². The van der Waals surface area contributed by atoms with Crippen LogP contribution < -0.4 is 0 Å². The van der Waals surface area contributed by atoms with Crippen molar-refractivity contribution in [3.8, 4) is 0 Å². The molecule has 0 aromatic carbocycles. The maximum Gasteiger partial charge on any atom is 0.403 e. The topological polar surface area (TPSA) is 60.8 Å². The van der Waals surface area contributed by atoms with Gasteiger partial charge in [0.2, 0.25) is 0 Å². The van der Waals surface area contributed by atoms with Crippen LogP contribution in [0, 0.1) is 0 Å². The van der Waals surface area contributed by atoms with Crippen molar-refractivity contribution in [1.29, 1.82) is 0 Å². The molecule has 1 unspecified atom stereocenters. The summed E-state index contributed by atoms with van der Waals surface area (Å²) in [4.78, 5) is 18.8. The fraction of sp³-hybridized carbons (Fsp3) is 1.00. The summed E-state index contributed by atoms with van der Waals surface area (Å²) in [6.45, 7) is 1.29. The molecule has 224 valence electrons. The van der Waals surface area contributed by atoms with Crippen molar-refractivity contribution in [2.24, 2.45) is 0 Å². The second kappa shape index (κ2) is 10.5. The maximum absolute atomic E-state index is 14.3. The number of alkyl halides is 16. The van der Waals surface area contributed by atoms with Gasteiger partial charge >= 0.3 is 56.1 Å². The molecule has 0 aromatic heterocycles. The highest BCUT2D eigenvalue weighted by molar-refractivity contribution is 7.49. The summed E-state index contributed by atoms with van der Waals surface area (Å²) in [6.07, 6.45) is -19.2. The van der Waals surface area contributed by atoms with Gasteiger partial charge in [-0.2, -0.15) is 52.7 Å². The summed E-state index contributed by atoms with van der Waals surface area (Å²) in [5.41, 5.74) is -3.72. The molecular formula is C16H20F16NO3P. The van der Waals surface area contributed by atoms with Crippen LogP contribution in [0.2, 0.25) is 0 Å². The summed E-state index contributed by atoms with van der Waals surface area (Å²) < 4.78 is 224. The molecule has 0 fully saturated rings. The summed E-state index contributed by atoms with van der Waals surface area (Å²) in [6, 6.07) is -1.89. The van der Waals surface area contributed by atoms with Crippen LogP contribution in [0.25, 0.3) is 0 Å². The van der Waals surface area contributed by atoms with E-state index in [4.69, 9.17) is 0 Å². The quantitative estimate of drug-likeness (QED) is 0.164. The van der Waals surface area contributed by atoms with Crippen molar-refractivity contribution in [1.82, 2.24) is 4.67 Å². The fourth-order valence-electron chi connectivity index (χ4n) is 3.46. The summed E-state index contributed by atoms with van der Waals surface area (Å²) in [7, 11) is -6.10. The standard InChI is InChI=1S/C16H20F16NO3P/c1-7(2)33(37(34,35)36)10(3,6-12(23,24)16(31,32)14(27,28)9(19)20)4-5-11(21,22)15(29,30)13(25,26)8(17)18/h7-9H,4-6H2,1-3H3,(H2,34,35,36). The lowest BCUT2D eigenvalue weighted by molar-refractivity contribution is -0.346. The first-order valence-corrected chi connectivity index (χ1v) is 11.1. The zero-order valence-corrected chi connectivity index (χ0v) is 19.5. The van der Waals surface area contributed by atoms with Gasteiger partial charge < -0.3 is 9.79 Å². The van der Waals surface area contributed by atoms with E-state index in [-0.39, 0.29) is 6.92 Å². The van der Waals surface area contributed by atoms with Gasteiger partial charge in [0.25, 0.3) is 0 Å². The lowest BCUT2D eigenvalue weighted by Crippen LogP contribution is -2.62. The van der Waals surface area contributed by atoms with Crippen LogP contribution in [0.4, 0.5) is 70.2 Å². The van der Waals surface area contributed by atoms with Crippen molar-refractivity contribution >= 4 is 7.75 Å². The largest absolute Gasteiger partial charge is 0.403 e. The minimum atomic E-state index is -7.04. The minimum absolute atomic E-state index is 0.0456. The zero-order chi connectivity index (χ0) is 30.4. The normalized spacial score (nSPS) is 17.3. The van der Waals surface area contributed by atoms with E-state index in [0.29, 0.717) is 13.8 Å². The van der Waals surface area contributed by atoms with Crippen LogP contribution in [-0.4, -0.2) is 74.4 Å². The molecule has 2 N–H and O–H groups in total. The Morgan fingerprint density at radius 2 is 1.00 bits per heavy atom. The molecule has 0 heterocycles. The van der Waals surface area contributed by atoms with Gasteiger partial charge in [0.15, 0.2) is 0 Å². The number of halogens is 16. The monoisotopic (exact) mass is 609 g/mol. The zero-order valence-electron chi connectivity index (χ0n) is 18.6. The van der Waals surface area contributed by atoms with Crippen molar-refractivity contribution < 1.29 is 84.6 Å². The van der Waals surface area contributed by atoms with E-state index in [1.807, 2.05) is 0 Å². The molecule has 0 aliphatic carbocycles. The first-order valence-electron chi connectivity index (χ1n) is 9.55. The van der Waals surface area contributed by atoms with Crippen LogP contribution in [0.3, 0.4) is 0 Å². The van der Waals surface area contributed by atoms with Crippen LogP contribution >= 0.6 is 7.75 Å². The molecule has 0 saturated heterocycles. The molecule has 0 aliphatic rings. The van der Waals surface area contributed by atoms with E-state index < -0.39 is 91.6 Å². The van der Waals surface area contributed by atoms with E-state index in [9.17, 15) is 84.6 Å². The Balaban J connectivity index is 6.80. The molecule has 0 aromatic rings. The fourth-order valence-corrected chi connectivity index (χ4v) is 4.86. The summed E-state index contributed by atoms with van der Waals surface area (Å²) in [5.74, 6) is -40.3. The van der Waals surface area contributed by atoms with E-state index >= 15 is 0 Å². The lowest BCUT2D eigenvalue weighted by atomic mass is 9.82. The van der Waals surface area contributed by atoms with Gasteiger partial charge in [0.1, 0.15) is 0 Å². The maximum atomic E-state index is 14.3. The smallest absolute Gasteiger partial charge is 0.312 e. The van der Waals surface area contributed by atoms with E-state index in [2.05, 4.69) is 0 Å². The predicted molar refractivity (Wildman–Crippen MR) is 93.0 cm³/mol. The molecule has 37 heavy (non-hydrogen) atoms. The molecule has 1 atom stereocenters. The number of nitrogens with zero attached hydrogens (tertiary/aromatic N) is 1. The number of rotatable bonds is 14. The average Bonchev–Trinajstić information content (AvgIpc) is 2.63. The van der Waals surface area contributed by atoms with Gasteiger partial charge in [-0.25, -0.2) is 26.8 Å².